The van der Waals surface area contributed by atoms with Gasteiger partial charge < -0.3 is 9.88 Å². The number of carbonyl (C=O) groups excluding carboxylic acids is 3. The van der Waals surface area contributed by atoms with Gasteiger partial charge in [-0.25, -0.2) is 4.79 Å². The Bertz CT molecular complexity index is 946. The van der Waals surface area contributed by atoms with Gasteiger partial charge in [0.1, 0.15) is 5.54 Å². The molecule has 154 valence electrons. The molecule has 6 heteroatoms. The number of aromatic nitrogens is 1. The van der Waals surface area contributed by atoms with Crippen molar-refractivity contribution >= 4 is 17.7 Å². The van der Waals surface area contributed by atoms with Crippen molar-refractivity contribution in [1.82, 2.24) is 14.8 Å². The predicted octanol–water partition coefficient (Wildman–Crippen LogP) is 3.69. The molecule has 1 N–H and O–H groups in total. The predicted molar refractivity (Wildman–Crippen MR) is 112 cm³/mol. The summed E-state index contributed by atoms with van der Waals surface area (Å²) >= 11 is 0. The molecule has 0 spiro atoms. The van der Waals surface area contributed by atoms with E-state index in [9.17, 15) is 14.4 Å². The Morgan fingerprint density at radius 1 is 1.14 bits per heavy atom. The van der Waals surface area contributed by atoms with Crippen LogP contribution in [0.1, 0.15) is 54.5 Å². The number of imide groups is 1. The Labute approximate surface area is 171 Å². The molecule has 1 aromatic carbocycles. The molecule has 1 saturated heterocycles. The van der Waals surface area contributed by atoms with E-state index in [1.807, 2.05) is 64.1 Å². The van der Waals surface area contributed by atoms with Crippen LogP contribution in [-0.4, -0.2) is 39.3 Å². The summed E-state index contributed by atoms with van der Waals surface area (Å²) in [6.45, 7) is 10.0. The molecular weight excluding hydrogens is 366 g/mol. The number of hydrogen-bond acceptors (Lipinski definition) is 3. The zero-order chi connectivity index (χ0) is 21.3. The maximum absolute atomic E-state index is 13.0. The Hall–Kier alpha value is -2.89. The fraction of sp³-hybridized carbons (Fsp3) is 0.435. The second kappa shape index (κ2) is 7.85. The van der Waals surface area contributed by atoms with Crippen LogP contribution >= 0.6 is 0 Å². The van der Waals surface area contributed by atoms with E-state index in [4.69, 9.17) is 0 Å². The zero-order valence-corrected chi connectivity index (χ0v) is 17.8. The first-order valence-corrected chi connectivity index (χ1v) is 10.0. The van der Waals surface area contributed by atoms with E-state index < -0.39 is 11.6 Å². The van der Waals surface area contributed by atoms with Crippen molar-refractivity contribution in [1.29, 1.82) is 0 Å². The van der Waals surface area contributed by atoms with Crippen LogP contribution in [0.5, 0.6) is 0 Å². The number of benzene rings is 1. The number of nitrogens with zero attached hydrogens (tertiary/aromatic N) is 2. The molecule has 0 bridgehead atoms. The molecule has 1 unspecified atom stereocenters. The lowest BCUT2D eigenvalue weighted by Crippen LogP contribution is -2.45. The van der Waals surface area contributed by atoms with Crippen molar-refractivity contribution in [3.8, 4) is 0 Å². The molecule has 3 amide bonds. The number of rotatable bonds is 7. The van der Waals surface area contributed by atoms with Crippen molar-refractivity contribution in [3.05, 3.63) is 58.9 Å². The van der Waals surface area contributed by atoms with Crippen molar-refractivity contribution < 1.29 is 14.4 Å². The minimum absolute atomic E-state index is 0.227. The molecule has 1 atom stereocenters. The van der Waals surface area contributed by atoms with Gasteiger partial charge >= 0.3 is 6.03 Å². The number of amides is 3. The van der Waals surface area contributed by atoms with Gasteiger partial charge in [0.15, 0.2) is 5.78 Å². The van der Waals surface area contributed by atoms with Gasteiger partial charge in [0.2, 0.25) is 0 Å². The van der Waals surface area contributed by atoms with Crippen LogP contribution in [0.3, 0.4) is 0 Å². The van der Waals surface area contributed by atoms with E-state index in [-0.39, 0.29) is 24.2 Å². The van der Waals surface area contributed by atoms with Gasteiger partial charge in [0.05, 0.1) is 6.54 Å². The summed E-state index contributed by atoms with van der Waals surface area (Å²) < 4.78 is 2.08. The summed E-state index contributed by atoms with van der Waals surface area (Å²) in [4.78, 5) is 39.2. The highest BCUT2D eigenvalue weighted by Gasteiger charge is 2.48. The molecule has 0 aliphatic carbocycles. The number of aryl methyl sites for hydroxylation is 1. The number of Topliss-reactive ketones (excluding diaryl/α,β-unsaturated/α-hetero) is 1. The monoisotopic (exact) mass is 395 g/mol. The molecule has 1 aromatic heterocycles. The molecule has 1 fully saturated rings. The van der Waals surface area contributed by atoms with E-state index in [0.29, 0.717) is 18.5 Å². The third-order valence-corrected chi connectivity index (χ3v) is 5.52. The number of nitrogens with one attached hydrogen (secondary N) is 1. The lowest BCUT2D eigenvalue weighted by molar-refractivity contribution is -0.131. The van der Waals surface area contributed by atoms with Crippen LogP contribution in [0.15, 0.2) is 36.4 Å². The van der Waals surface area contributed by atoms with Gasteiger partial charge in [-0.2, -0.15) is 0 Å². The molecular formula is C23H29N3O3. The average Bonchev–Trinajstić information content (AvgIpc) is 3.04. The fourth-order valence-electron chi connectivity index (χ4n) is 4.17. The van der Waals surface area contributed by atoms with Gasteiger partial charge in [-0.3, -0.25) is 14.5 Å². The van der Waals surface area contributed by atoms with Gasteiger partial charge in [0.25, 0.3) is 5.91 Å². The van der Waals surface area contributed by atoms with Crippen molar-refractivity contribution in [2.75, 3.05) is 6.54 Å². The summed E-state index contributed by atoms with van der Waals surface area (Å²) in [7, 11) is 0. The Morgan fingerprint density at radius 3 is 2.41 bits per heavy atom. The zero-order valence-electron chi connectivity index (χ0n) is 17.8. The first kappa shape index (κ1) is 20.8. The second-order valence-electron chi connectivity index (χ2n) is 8.53. The quantitative estimate of drug-likeness (QED) is 0.574. The van der Waals surface area contributed by atoms with Gasteiger partial charge in [-0.05, 0) is 44.7 Å². The molecule has 2 aromatic rings. The Kier molecular flexibility index (Phi) is 5.64. The number of urea groups is 1. The summed E-state index contributed by atoms with van der Waals surface area (Å²) in [6, 6.07) is 11.4. The molecule has 29 heavy (non-hydrogen) atoms. The summed E-state index contributed by atoms with van der Waals surface area (Å²) in [5.41, 5.74) is 2.56. The topological polar surface area (TPSA) is 71.4 Å². The SMILES string of the molecule is Cc1cc(C(=O)CN2C(=O)NC(C)(CC(C)C)C2=O)c(C)n1Cc1ccccc1. The van der Waals surface area contributed by atoms with Gasteiger partial charge in [-0.15, -0.1) is 0 Å². The largest absolute Gasteiger partial charge is 0.344 e. The molecule has 1 aliphatic rings. The second-order valence-corrected chi connectivity index (χ2v) is 8.53. The van der Waals surface area contributed by atoms with Crippen LogP contribution in [0.25, 0.3) is 0 Å². The smallest absolute Gasteiger partial charge is 0.325 e. The summed E-state index contributed by atoms with van der Waals surface area (Å²) in [5, 5.41) is 2.76. The average molecular weight is 396 g/mol. The van der Waals surface area contributed by atoms with E-state index in [0.717, 1.165) is 21.9 Å². The molecule has 6 nitrogen and oxygen atoms in total. The normalized spacial score (nSPS) is 19.2. The van der Waals surface area contributed by atoms with Crippen molar-refractivity contribution in [3.63, 3.8) is 0 Å². The van der Waals surface area contributed by atoms with Gasteiger partial charge in [-0.1, -0.05) is 44.2 Å². The maximum atomic E-state index is 13.0. The number of ketones is 1. The standard InChI is InChI=1S/C23H29N3O3/c1-15(2)12-23(5)21(28)26(22(29)24-23)14-20(27)19-11-16(3)25(17(19)4)13-18-9-7-6-8-10-18/h6-11,15H,12-14H2,1-5H3,(H,24,29). The lowest BCUT2D eigenvalue weighted by Gasteiger charge is -2.23. The Morgan fingerprint density at radius 2 is 1.79 bits per heavy atom. The maximum Gasteiger partial charge on any atom is 0.325 e. The summed E-state index contributed by atoms with van der Waals surface area (Å²) in [5.74, 6) is -0.311. The molecule has 2 heterocycles. The minimum atomic E-state index is -0.949. The lowest BCUT2D eigenvalue weighted by atomic mass is 9.91. The highest BCUT2D eigenvalue weighted by Crippen LogP contribution is 2.26. The van der Waals surface area contributed by atoms with Crippen molar-refractivity contribution in [2.24, 2.45) is 5.92 Å². The van der Waals surface area contributed by atoms with Crippen LogP contribution in [0.4, 0.5) is 4.79 Å². The first-order chi connectivity index (χ1) is 13.6. The summed E-state index contributed by atoms with van der Waals surface area (Å²) in [6.07, 6.45) is 0.536. The fourth-order valence-corrected chi connectivity index (χ4v) is 4.17. The highest BCUT2D eigenvalue weighted by molar-refractivity contribution is 6.11. The van der Waals surface area contributed by atoms with Crippen molar-refractivity contribution in [2.45, 2.75) is 53.1 Å². The van der Waals surface area contributed by atoms with E-state index in [1.54, 1.807) is 6.92 Å². The van der Waals surface area contributed by atoms with Crippen LogP contribution in [-0.2, 0) is 11.3 Å². The van der Waals surface area contributed by atoms with Crippen LogP contribution in [0.2, 0.25) is 0 Å². The van der Waals surface area contributed by atoms with Crippen LogP contribution < -0.4 is 5.32 Å². The molecule has 0 saturated carbocycles. The third kappa shape index (κ3) is 4.11. The van der Waals surface area contributed by atoms with E-state index in [1.165, 1.54) is 0 Å². The highest BCUT2D eigenvalue weighted by atomic mass is 16.2. The minimum Gasteiger partial charge on any atom is -0.344 e. The molecule has 1 aliphatic heterocycles. The molecule has 3 rings (SSSR count). The first-order valence-electron chi connectivity index (χ1n) is 10.0. The van der Waals surface area contributed by atoms with Gasteiger partial charge in [0, 0.05) is 23.5 Å². The van der Waals surface area contributed by atoms with Crippen LogP contribution in [0, 0.1) is 19.8 Å². The number of carbonyl (C=O) groups is 3. The van der Waals surface area contributed by atoms with E-state index in [2.05, 4.69) is 9.88 Å². The number of hydrogen-bond donors (Lipinski definition) is 1. The van der Waals surface area contributed by atoms with E-state index >= 15 is 0 Å². The Balaban J connectivity index is 1.79. The third-order valence-electron chi connectivity index (χ3n) is 5.52. The molecule has 0 radical (unpaired) electrons.